The van der Waals surface area contributed by atoms with Gasteiger partial charge in [-0.3, -0.25) is 28.8 Å². The summed E-state index contributed by atoms with van der Waals surface area (Å²) in [5.74, 6) is -2.85. The van der Waals surface area contributed by atoms with E-state index in [9.17, 15) is 64.2 Å². The molecule has 0 spiro atoms. The van der Waals surface area contributed by atoms with Crippen LogP contribution >= 0.6 is 0 Å². The lowest BCUT2D eigenvalue weighted by Gasteiger charge is -2.42. The Labute approximate surface area is 370 Å². The van der Waals surface area contributed by atoms with Gasteiger partial charge in [-0.25, -0.2) is 0 Å². The second kappa shape index (κ2) is 31.0. The van der Waals surface area contributed by atoms with Crippen LogP contribution in [0.15, 0.2) is 0 Å². The van der Waals surface area contributed by atoms with Crippen molar-refractivity contribution in [1.82, 2.24) is 31.9 Å². The van der Waals surface area contributed by atoms with Crippen molar-refractivity contribution in [3.63, 3.8) is 0 Å². The van der Waals surface area contributed by atoms with E-state index in [1.807, 2.05) is 0 Å². The van der Waals surface area contributed by atoms with E-state index in [0.29, 0.717) is 6.42 Å². The third kappa shape index (κ3) is 21.3. The Kier molecular flexibility index (Phi) is 27.2. The van der Waals surface area contributed by atoms with Crippen molar-refractivity contribution in [2.75, 3.05) is 72.5 Å². The SMILES string of the molecule is CC(=O)CCCC(=O)NCCCC(=O)NC(CCC(=O)NCCOCCOC1OC(CO)C(O)C(O)C1NC(C)=O)C(=O)NCCOCCOC1OC(CO)C(O)C(O)C1NC(C)=O. The lowest BCUT2D eigenvalue weighted by Crippen LogP contribution is -2.64. The lowest BCUT2D eigenvalue weighted by atomic mass is 9.97. The molecule has 0 radical (unpaired) electrons. The molecule has 11 unspecified atom stereocenters. The highest BCUT2D eigenvalue weighted by atomic mass is 16.7. The zero-order valence-electron chi connectivity index (χ0n) is 36.6. The normalized spacial score (nSPS) is 26.0. The summed E-state index contributed by atoms with van der Waals surface area (Å²) in [6.07, 6.45) is -9.76. The van der Waals surface area contributed by atoms with Gasteiger partial charge in [0.2, 0.25) is 35.4 Å². The molecule has 368 valence electrons. The molecule has 11 atom stereocenters. The highest BCUT2D eigenvalue weighted by Gasteiger charge is 2.46. The average Bonchev–Trinajstić information content (AvgIpc) is 3.24. The van der Waals surface area contributed by atoms with Crippen molar-refractivity contribution in [1.29, 1.82) is 0 Å². The molecule has 25 nitrogen and oxygen atoms in total. The summed E-state index contributed by atoms with van der Waals surface area (Å²) in [6.45, 7) is 2.75. The summed E-state index contributed by atoms with van der Waals surface area (Å²) >= 11 is 0. The van der Waals surface area contributed by atoms with Gasteiger partial charge >= 0.3 is 0 Å². The number of amides is 6. The summed E-state index contributed by atoms with van der Waals surface area (Å²) in [5, 5.41) is 75.5. The Morgan fingerprint density at radius 1 is 0.547 bits per heavy atom. The fraction of sp³-hybridized carbons (Fsp3) is 0.821. The molecule has 2 rings (SSSR count). The van der Waals surface area contributed by atoms with E-state index >= 15 is 0 Å². The first-order valence-electron chi connectivity index (χ1n) is 21.3. The van der Waals surface area contributed by atoms with Crippen molar-refractivity contribution >= 4 is 41.2 Å². The number of ketones is 1. The topological polar surface area (TPSA) is 368 Å². The van der Waals surface area contributed by atoms with Crippen LogP contribution in [-0.4, -0.2) is 212 Å². The number of carbonyl (C=O) groups excluding carboxylic acids is 7. The molecular weight excluding hydrogens is 856 g/mol. The number of aliphatic hydroxyl groups is 6. The highest BCUT2D eigenvalue weighted by molar-refractivity contribution is 5.88. The van der Waals surface area contributed by atoms with Gasteiger partial charge in [-0.15, -0.1) is 0 Å². The van der Waals surface area contributed by atoms with Crippen molar-refractivity contribution in [3.8, 4) is 0 Å². The van der Waals surface area contributed by atoms with Gasteiger partial charge in [0.05, 0.1) is 52.9 Å². The summed E-state index contributed by atoms with van der Waals surface area (Å²) in [7, 11) is 0. The summed E-state index contributed by atoms with van der Waals surface area (Å²) in [5.41, 5.74) is 0. The minimum absolute atomic E-state index is 0.00746. The molecule has 2 saturated heterocycles. The van der Waals surface area contributed by atoms with Gasteiger partial charge in [-0.05, 0) is 26.2 Å². The van der Waals surface area contributed by atoms with E-state index in [1.165, 1.54) is 20.8 Å². The maximum absolute atomic E-state index is 13.2. The molecule has 0 bridgehead atoms. The highest BCUT2D eigenvalue weighted by Crippen LogP contribution is 2.23. The number of hydrogen-bond acceptors (Lipinski definition) is 19. The van der Waals surface area contributed by atoms with Crippen LogP contribution in [-0.2, 0) is 62.0 Å². The van der Waals surface area contributed by atoms with Crippen LogP contribution in [0.2, 0.25) is 0 Å². The Bertz CT molecular complexity index is 1460. The first-order valence-corrected chi connectivity index (χ1v) is 21.3. The van der Waals surface area contributed by atoms with Gasteiger partial charge in [0.1, 0.15) is 60.5 Å². The minimum Gasteiger partial charge on any atom is -0.394 e. The van der Waals surface area contributed by atoms with Gasteiger partial charge in [-0.1, -0.05) is 0 Å². The van der Waals surface area contributed by atoms with Crippen LogP contribution in [0.1, 0.15) is 65.7 Å². The predicted octanol–water partition coefficient (Wildman–Crippen LogP) is -5.91. The number of ether oxygens (including phenoxy) is 6. The molecule has 2 fully saturated rings. The van der Waals surface area contributed by atoms with E-state index < -0.39 is 110 Å². The van der Waals surface area contributed by atoms with Crippen LogP contribution in [0.25, 0.3) is 0 Å². The molecule has 25 heteroatoms. The number of rotatable bonds is 31. The number of Topliss-reactive ketones (excluding diaryl/α,β-unsaturated/α-hetero) is 1. The van der Waals surface area contributed by atoms with Crippen LogP contribution in [0.4, 0.5) is 0 Å². The first-order chi connectivity index (χ1) is 30.5. The van der Waals surface area contributed by atoms with Gasteiger partial charge in [-0.2, -0.15) is 0 Å². The molecule has 2 aliphatic rings. The zero-order valence-corrected chi connectivity index (χ0v) is 36.6. The lowest BCUT2D eigenvalue weighted by molar-refractivity contribution is -0.272. The first kappa shape index (κ1) is 56.1. The van der Waals surface area contributed by atoms with Crippen molar-refractivity contribution in [2.24, 2.45) is 0 Å². The van der Waals surface area contributed by atoms with E-state index in [-0.39, 0.29) is 109 Å². The largest absolute Gasteiger partial charge is 0.394 e. The Balaban J connectivity index is 1.81. The van der Waals surface area contributed by atoms with Gasteiger partial charge in [0.15, 0.2) is 12.6 Å². The van der Waals surface area contributed by atoms with Crippen molar-refractivity contribution in [3.05, 3.63) is 0 Å². The maximum Gasteiger partial charge on any atom is 0.242 e. The van der Waals surface area contributed by atoms with Gasteiger partial charge in [0.25, 0.3) is 0 Å². The monoisotopic (exact) mass is 924 g/mol. The van der Waals surface area contributed by atoms with E-state index in [1.54, 1.807) is 0 Å². The molecule has 0 aromatic carbocycles. The minimum atomic E-state index is -1.48. The number of hydrogen-bond donors (Lipinski definition) is 12. The Morgan fingerprint density at radius 3 is 1.50 bits per heavy atom. The molecule has 2 aliphatic heterocycles. The molecule has 0 saturated carbocycles. The second-order valence-corrected chi connectivity index (χ2v) is 15.1. The standard InChI is InChI=1S/C39H68N6O19/c1-22(48)6-4-7-28(51)40-11-5-8-30(53)45-25(37(58)42-13-15-60-17-19-62-39-32(44-24(3)50)36(57)34(55)27(21-47)64-39)9-10-29(52)41-12-14-59-16-18-61-38-31(43-23(2)49)35(56)33(54)26(20-46)63-38/h25-27,31-36,38-39,46-47,54-57H,4-21H2,1-3H3,(H,40,51)(H,41,52)(H,42,58)(H,43,49)(H,44,50)(H,45,53). The maximum atomic E-state index is 13.2. The average molecular weight is 925 g/mol. The van der Waals surface area contributed by atoms with Crippen molar-refractivity contribution in [2.45, 2.75) is 133 Å². The van der Waals surface area contributed by atoms with Crippen molar-refractivity contribution < 1.29 is 92.6 Å². The Hall–Kier alpha value is -3.99. The summed E-state index contributed by atoms with van der Waals surface area (Å²) in [6, 6.07) is -3.37. The Morgan fingerprint density at radius 2 is 1.02 bits per heavy atom. The molecular formula is C39H68N6O19. The van der Waals surface area contributed by atoms with E-state index in [0.717, 1.165) is 0 Å². The van der Waals surface area contributed by atoms with Gasteiger partial charge in [0, 0.05) is 59.2 Å². The number of carbonyl (C=O) groups is 7. The zero-order chi connectivity index (χ0) is 47.6. The summed E-state index contributed by atoms with van der Waals surface area (Å²) < 4.78 is 33.1. The van der Waals surface area contributed by atoms with E-state index in [2.05, 4.69) is 31.9 Å². The molecule has 6 amide bonds. The summed E-state index contributed by atoms with van der Waals surface area (Å²) in [4.78, 5) is 85.0. The van der Waals surface area contributed by atoms with Crippen LogP contribution < -0.4 is 31.9 Å². The van der Waals surface area contributed by atoms with Crippen LogP contribution in [0.3, 0.4) is 0 Å². The van der Waals surface area contributed by atoms with Crippen LogP contribution in [0.5, 0.6) is 0 Å². The van der Waals surface area contributed by atoms with Crippen LogP contribution in [0, 0.1) is 0 Å². The molecule has 0 aromatic rings. The quantitative estimate of drug-likeness (QED) is 0.0288. The number of nitrogens with one attached hydrogen (secondary N) is 6. The fourth-order valence-electron chi connectivity index (χ4n) is 6.47. The molecule has 0 aliphatic carbocycles. The third-order valence-electron chi connectivity index (χ3n) is 9.78. The molecule has 64 heavy (non-hydrogen) atoms. The predicted molar refractivity (Wildman–Crippen MR) is 218 cm³/mol. The molecule has 12 N–H and O–H groups in total. The third-order valence-corrected chi connectivity index (χ3v) is 9.78. The fourth-order valence-corrected chi connectivity index (χ4v) is 6.47. The molecule has 0 aromatic heterocycles. The second-order valence-electron chi connectivity index (χ2n) is 15.1. The number of aliphatic hydroxyl groups excluding tert-OH is 6. The van der Waals surface area contributed by atoms with Gasteiger partial charge < -0.3 is 95.8 Å². The molecule has 2 heterocycles. The van der Waals surface area contributed by atoms with E-state index in [4.69, 9.17) is 28.4 Å². The smallest absolute Gasteiger partial charge is 0.242 e.